The highest BCUT2D eigenvalue weighted by molar-refractivity contribution is 6.34. The molecular weight excluding hydrogens is 518 g/mol. The highest BCUT2D eigenvalue weighted by Crippen LogP contribution is 2.37. The first-order valence-electron chi connectivity index (χ1n) is 12.7. The zero-order valence-electron chi connectivity index (χ0n) is 22.6. The molecule has 0 bridgehead atoms. The van der Waals surface area contributed by atoms with Crippen molar-refractivity contribution < 1.29 is 19.1 Å². The molecule has 3 aromatic carbocycles. The number of carbonyl (C=O) groups is 2. The van der Waals surface area contributed by atoms with Crippen LogP contribution in [0.4, 0.5) is 27.5 Å². The Bertz CT molecular complexity index is 1320. The number of aryl methyl sites for hydroxylation is 2. The summed E-state index contributed by atoms with van der Waals surface area (Å²) in [6, 6.07) is 16.9. The first-order valence-corrected chi connectivity index (χ1v) is 13.1. The molecule has 3 aromatic rings. The molecule has 1 aliphatic heterocycles. The Morgan fingerprint density at radius 3 is 2.26 bits per heavy atom. The molecule has 0 spiro atoms. The molecule has 0 saturated carbocycles. The third-order valence-electron chi connectivity index (χ3n) is 6.62. The Morgan fingerprint density at radius 1 is 0.897 bits per heavy atom. The molecule has 1 saturated heterocycles. The van der Waals surface area contributed by atoms with Gasteiger partial charge in [-0.2, -0.15) is 0 Å². The van der Waals surface area contributed by atoms with Gasteiger partial charge in [0.2, 0.25) is 5.91 Å². The number of hydrogen-bond donors (Lipinski definition) is 3. The first kappa shape index (κ1) is 27.9. The molecule has 0 atom stereocenters. The van der Waals surface area contributed by atoms with Gasteiger partial charge in [0.25, 0.3) is 0 Å². The Labute approximate surface area is 234 Å². The molecule has 0 radical (unpaired) electrons. The Hall–Kier alpha value is -4.11. The van der Waals surface area contributed by atoms with Gasteiger partial charge in [-0.3, -0.25) is 4.79 Å². The van der Waals surface area contributed by atoms with E-state index in [1.54, 1.807) is 24.1 Å². The molecular formula is C29H34ClN5O4. The van der Waals surface area contributed by atoms with Gasteiger partial charge >= 0.3 is 6.03 Å². The number of halogens is 1. The predicted octanol–water partition coefficient (Wildman–Crippen LogP) is 5.38. The molecule has 1 fully saturated rings. The summed E-state index contributed by atoms with van der Waals surface area (Å²) in [6.07, 6.45) is 0. The van der Waals surface area contributed by atoms with Gasteiger partial charge in [0.15, 0.2) is 0 Å². The average Bonchev–Trinajstić information content (AvgIpc) is 2.94. The molecule has 0 aliphatic carbocycles. The van der Waals surface area contributed by atoms with Crippen LogP contribution in [-0.2, 0) is 4.79 Å². The lowest BCUT2D eigenvalue weighted by atomic mass is 10.1. The number of nitrogens with one attached hydrogen (secondary N) is 3. The summed E-state index contributed by atoms with van der Waals surface area (Å²) in [5, 5.41) is 9.33. The maximum atomic E-state index is 12.9. The van der Waals surface area contributed by atoms with E-state index in [1.165, 1.54) is 12.7 Å². The van der Waals surface area contributed by atoms with Gasteiger partial charge in [0.05, 0.1) is 25.8 Å². The SMILES string of the molecule is COc1cc(Cl)c(NC(=O)N2CCN(c3ccc(NC(=O)CNc4ccc(C)cc4C)cc3)CC2)c(OC)c1. The third kappa shape index (κ3) is 7.06. The molecule has 3 N–H and O–H groups in total. The molecule has 206 valence electrons. The second kappa shape index (κ2) is 12.6. The van der Waals surface area contributed by atoms with Crippen molar-refractivity contribution in [3.8, 4) is 11.5 Å². The van der Waals surface area contributed by atoms with Crippen molar-refractivity contribution in [3.05, 3.63) is 70.7 Å². The molecule has 1 heterocycles. The van der Waals surface area contributed by atoms with Gasteiger partial charge in [0, 0.05) is 55.4 Å². The quantitative estimate of drug-likeness (QED) is 0.348. The van der Waals surface area contributed by atoms with E-state index in [1.807, 2.05) is 50.2 Å². The summed E-state index contributed by atoms with van der Waals surface area (Å²) in [7, 11) is 3.05. The molecule has 0 unspecified atom stereocenters. The lowest BCUT2D eigenvalue weighted by Gasteiger charge is -2.36. The topological polar surface area (TPSA) is 95.2 Å². The van der Waals surface area contributed by atoms with Crippen LogP contribution in [-0.4, -0.2) is 63.8 Å². The van der Waals surface area contributed by atoms with Crippen molar-refractivity contribution in [2.45, 2.75) is 13.8 Å². The molecule has 4 rings (SSSR count). The number of hydrogen-bond acceptors (Lipinski definition) is 6. The van der Waals surface area contributed by atoms with Gasteiger partial charge in [-0.1, -0.05) is 29.3 Å². The fraction of sp³-hybridized carbons (Fsp3) is 0.310. The van der Waals surface area contributed by atoms with Crippen LogP contribution in [0.2, 0.25) is 5.02 Å². The Balaban J connectivity index is 1.27. The number of benzene rings is 3. The second-order valence-electron chi connectivity index (χ2n) is 9.36. The third-order valence-corrected chi connectivity index (χ3v) is 6.92. The van der Waals surface area contributed by atoms with Crippen LogP contribution < -0.4 is 30.3 Å². The van der Waals surface area contributed by atoms with E-state index < -0.39 is 0 Å². The van der Waals surface area contributed by atoms with Crippen LogP contribution >= 0.6 is 11.6 Å². The number of nitrogens with zero attached hydrogens (tertiary/aromatic N) is 2. The number of ether oxygens (including phenoxy) is 2. The summed E-state index contributed by atoms with van der Waals surface area (Å²) < 4.78 is 10.6. The highest BCUT2D eigenvalue weighted by Gasteiger charge is 2.23. The zero-order chi connectivity index (χ0) is 27.9. The number of carbonyl (C=O) groups excluding carboxylic acids is 2. The Kier molecular flexibility index (Phi) is 9.03. The van der Waals surface area contributed by atoms with Crippen LogP contribution in [0.1, 0.15) is 11.1 Å². The number of methoxy groups -OCH3 is 2. The second-order valence-corrected chi connectivity index (χ2v) is 9.76. The molecule has 0 aromatic heterocycles. The molecule has 9 nitrogen and oxygen atoms in total. The molecule has 1 aliphatic rings. The van der Waals surface area contributed by atoms with Crippen LogP contribution in [0.25, 0.3) is 0 Å². The summed E-state index contributed by atoms with van der Waals surface area (Å²) in [4.78, 5) is 29.3. The number of urea groups is 1. The fourth-order valence-electron chi connectivity index (χ4n) is 4.46. The largest absolute Gasteiger partial charge is 0.497 e. The van der Waals surface area contributed by atoms with Crippen molar-refractivity contribution in [1.82, 2.24) is 4.90 Å². The van der Waals surface area contributed by atoms with Crippen LogP contribution in [0.5, 0.6) is 11.5 Å². The van der Waals surface area contributed by atoms with E-state index >= 15 is 0 Å². The zero-order valence-corrected chi connectivity index (χ0v) is 23.4. The van der Waals surface area contributed by atoms with Gasteiger partial charge in [-0.25, -0.2) is 4.79 Å². The smallest absolute Gasteiger partial charge is 0.322 e. The van der Waals surface area contributed by atoms with Crippen LogP contribution in [0.3, 0.4) is 0 Å². The number of rotatable bonds is 8. The van der Waals surface area contributed by atoms with E-state index in [4.69, 9.17) is 21.1 Å². The normalized spacial score (nSPS) is 13.1. The van der Waals surface area contributed by atoms with Crippen LogP contribution in [0.15, 0.2) is 54.6 Å². The van der Waals surface area contributed by atoms with Crippen LogP contribution in [0, 0.1) is 13.8 Å². The van der Waals surface area contributed by atoms with E-state index in [-0.39, 0.29) is 18.5 Å². The van der Waals surface area contributed by atoms with Crippen molar-refractivity contribution >= 4 is 46.3 Å². The highest BCUT2D eigenvalue weighted by atomic mass is 35.5. The minimum absolute atomic E-state index is 0.115. The molecule has 39 heavy (non-hydrogen) atoms. The van der Waals surface area contributed by atoms with E-state index in [2.05, 4.69) is 26.9 Å². The van der Waals surface area contributed by atoms with Crippen molar-refractivity contribution in [2.75, 3.05) is 67.8 Å². The minimum Gasteiger partial charge on any atom is -0.497 e. The lowest BCUT2D eigenvalue weighted by molar-refractivity contribution is -0.114. The van der Waals surface area contributed by atoms with E-state index in [0.29, 0.717) is 48.4 Å². The summed E-state index contributed by atoms with van der Waals surface area (Å²) >= 11 is 6.35. The summed E-state index contributed by atoms with van der Waals surface area (Å²) in [5.41, 5.74) is 5.41. The minimum atomic E-state index is -0.243. The monoisotopic (exact) mass is 551 g/mol. The fourth-order valence-corrected chi connectivity index (χ4v) is 4.71. The maximum absolute atomic E-state index is 12.9. The predicted molar refractivity (Wildman–Crippen MR) is 157 cm³/mol. The summed E-state index contributed by atoms with van der Waals surface area (Å²) in [5.74, 6) is 0.860. The number of piperazine rings is 1. The maximum Gasteiger partial charge on any atom is 0.322 e. The van der Waals surface area contributed by atoms with Gasteiger partial charge in [-0.15, -0.1) is 0 Å². The van der Waals surface area contributed by atoms with E-state index in [9.17, 15) is 9.59 Å². The summed E-state index contributed by atoms with van der Waals surface area (Å²) in [6.45, 7) is 6.69. The molecule has 3 amide bonds. The lowest BCUT2D eigenvalue weighted by Crippen LogP contribution is -2.50. The number of amides is 3. The standard InChI is InChI=1S/C29H34ClN5O4/c1-19-5-10-25(20(2)15-19)31-18-27(36)32-21-6-8-22(9-7-21)34-11-13-35(14-12-34)29(37)33-28-24(30)16-23(38-3)17-26(28)39-4/h5-10,15-17,31H,11-14,18H2,1-4H3,(H,32,36)(H,33,37). The van der Waals surface area contributed by atoms with Gasteiger partial charge < -0.3 is 35.2 Å². The van der Waals surface area contributed by atoms with Crippen molar-refractivity contribution in [2.24, 2.45) is 0 Å². The van der Waals surface area contributed by atoms with Crippen molar-refractivity contribution in [1.29, 1.82) is 0 Å². The average molecular weight is 552 g/mol. The first-order chi connectivity index (χ1) is 18.8. The van der Waals surface area contributed by atoms with Crippen molar-refractivity contribution in [3.63, 3.8) is 0 Å². The Morgan fingerprint density at radius 2 is 1.62 bits per heavy atom. The van der Waals surface area contributed by atoms with E-state index in [0.717, 1.165) is 22.6 Å². The van der Waals surface area contributed by atoms with Gasteiger partial charge in [-0.05, 0) is 49.7 Å². The van der Waals surface area contributed by atoms with Gasteiger partial charge in [0.1, 0.15) is 17.2 Å². The number of anilines is 4. The molecule has 10 heteroatoms.